The van der Waals surface area contributed by atoms with E-state index in [-0.39, 0.29) is 0 Å². The first-order valence-corrected chi connectivity index (χ1v) is 6.37. The van der Waals surface area contributed by atoms with Gasteiger partial charge in [-0.3, -0.25) is 0 Å². The van der Waals surface area contributed by atoms with Crippen LogP contribution in [0.15, 0.2) is 33.2 Å². The van der Waals surface area contributed by atoms with Crippen molar-refractivity contribution < 1.29 is 9.52 Å². The van der Waals surface area contributed by atoms with E-state index in [1.807, 2.05) is 24.3 Å². The first kappa shape index (κ1) is 11.7. The zero-order chi connectivity index (χ0) is 11.5. The molecule has 3 heteroatoms. The third kappa shape index (κ3) is 2.30. The summed E-state index contributed by atoms with van der Waals surface area (Å²) in [6, 6.07) is 7.80. The van der Waals surface area contributed by atoms with Crippen molar-refractivity contribution in [2.45, 2.75) is 32.3 Å². The molecular formula is C13H15BrO2. The topological polar surface area (TPSA) is 33.4 Å². The molecule has 2 nitrogen and oxygen atoms in total. The molecule has 1 unspecified atom stereocenters. The van der Waals surface area contributed by atoms with Crippen molar-refractivity contribution >= 4 is 26.9 Å². The van der Waals surface area contributed by atoms with Crippen LogP contribution in [0.3, 0.4) is 0 Å². The third-order valence-electron chi connectivity index (χ3n) is 2.67. The van der Waals surface area contributed by atoms with E-state index in [4.69, 9.17) is 4.42 Å². The molecule has 1 heterocycles. The van der Waals surface area contributed by atoms with Gasteiger partial charge in [-0.1, -0.05) is 31.9 Å². The zero-order valence-corrected chi connectivity index (χ0v) is 10.8. The fourth-order valence-electron chi connectivity index (χ4n) is 1.75. The van der Waals surface area contributed by atoms with Crippen LogP contribution >= 0.6 is 15.9 Å². The Labute approximate surface area is 103 Å². The van der Waals surface area contributed by atoms with Crippen LogP contribution in [0.2, 0.25) is 0 Å². The molecule has 0 fully saturated rings. The number of unbranched alkanes of at least 4 members (excludes halogenated alkanes) is 1. The van der Waals surface area contributed by atoms with Crippen molar-refractivity contribution in [2.75, 3.05) is 0 Å². The van der Waals surface area contributed by atoms with E-state index in [0.717, 1.165) is 34.7 Å². The molecule has 1 aromatic heterocycles. The summed E-state index contributed by atoms with van der Waals surface area (Å²) in [5, 5.41) is 11.0. The van der Waals surface area contributed by atoms with E-state index in [1.54, 1.807) is 0 Å². The van der Waals surface area contributed by atoms with Gasteiger partial charge in [0.15, 0.2) is 0 Å². The molecule has 2 aromatic rings. The number of aliphatic hydroxyl groups is 1. The molecule has 1 N–H and O–H groups in total. The molecule has 0 bridgehead atoms. The average Bonchev–Trinajstić information content (AvgIpc) is 2.71. The molecule has 0 saturated heterocycles. The van der Waals surface area contributed by atoms with Crippen LogP contribution in [0.5, 0.6) is 0 Å². The summed E-state index contributed by atoms with van der Waals surface area (Å²) in [5.41, 5.74) is 0.813. The first-order valence-electron chi connectivity index (χ1n) is 5.58. The van der Waals surface area contributed by atoms with E-state index in [1.165, 1.54) is 0 Å². The Hall–Kier alpha value is -0.800. The summed E-state index contributed by atoms with van der Waals surface area (Å²) in [6.07, 6.45) is 2.37. The van der Waals surface area contributed by atoms with Crippen LogP contribution in [0.25, 0.3) is 11.0 Å². The first-order chi connectivity index (χ1) is 7.72. The minimum atomic E-state index is -0.487. The van der Waals surface area contributed by atoms with Gasteiger partial charge in [0.05, 0.1) is 4.47 Å². The smallest absolute Gasteiger partial charge is 0.148 e. The van der Waals surface area contributed by atoms with Gasteiger partial charge in [0.2, 0.25) is 0 Å². The number of hydrogen-bond donors (Lipinski definition) is 1. The maximum Gasteiger partial charge on any atom is 0.148 e. The fourth-order valence-corrected chi connectivity index (χ4v) is 2.21. The Morgan fingerprint density at radius 2 is 2.25 bits per heavy atom. The second kappa shape index (κ2) is 5.02. The summed E-state index contributed by atoms with van der Waals surface area (Å²) >= 11 is 3.44. The van der Waals surface area contributed by atoms with Crippen molar-refractivity contribution in [1.29, 1.82) is 0 Å². The van der Waals surface area contributed by atoms with Crippen molar-refractivity contribution in [2.24, 2.45) is 0 Å². The minimum absolute atomic E-state index is 0.487. The Morgan fingerprint density at radius 3 is 2.94 bits per heavy atom. The maximum atomic E-state index is 9.93. The van der Waals surface area contributed by atoms with E-state index in [0.29, 0.717) is 5.76 Å². The van der Waals surface area contributed by atoms with Crippen LogP contribution in [0, 0.1) is 0 Å². The monoisotopic (exact) mass is 282 g/mol. The molecule has 86 valence electrons. The molecule has 0 aliphatic heterocycles. The summed E-state index contributed by atoms with van der Waals surface area (Å²) in [5.74, 6) is 0.662. The number of rotatable bonds is 4. The second-order valence-corrected chi connectivity index (χ2v) is 4.82. The van der Waals surface area contributed by atoms with Crippen molar-refractivity contribution in [3.63, 3.8) is 0 Å². The largest absolute Gasteiger partial charge is 0.457 e. The molecule has 16 heavy (non-hydrogen) atoms. The van der Waals surface area contributed by atoms with Crippen molar-refractivity contribution in [3.8, 4) is 0 Å². The van der Waals surface area contributed by atoms with Crippen LogP contribution in [0.1, 0.15) is 38.1 Å². The van der Waals surface area contributed by atoms with Crippen LogP contribution in [0.4, 0.5) is 0 Å². The summed E-state index contributed by atoms with van der Waals surface area (Å²) in [7, 11) is 0. The predicted octanol–water partition coefficient (Wildman–Crippen LogP) is 4.42. The fraction of sp³-hybridized carbons (Fsp3) is 0.385. The average molecular weight is 283 g/mol. The predicted molar refractivity (Wildman–Crippen MR) is 68.4 cm³/mol. The summed E-state index contributed by atoms with van der Waals surface area (Å²) < 4.78 is 6.59. The number of benzene rings is 1. The van der Waals surface area contributed by atoms with Gasteiger partial charge < -0.3 is 9.52 Å². The molecule has 2 rings (SSSR count). The Balaban J connectivity index is 2.29. The molecular weight excluding hydrogens is 268 g/mol. The number of furan rings is 1. The Morgan fingerprint density at radius 1 is 1.44 bits per heavy atom. The van der Waals surface area contributed by atoms with Gasteiger partial charge in [-0.15, -0.1) is 0 Å². The lowest BCUT2D eigenvalue weighted by Gasteiger charge is -2.05. The molecule has 0 saturated carbocycles. The number of fused-ring (bicyclic) bond motifs is 1. The quantitative estimate of drug-likeness (QED) is 0.901. The molecule has 1 atom stereocenters. The molecule has 0 amide bonds. The van der Waals surface area contributed by atoms with Crippen molar-refractivity contribution in [3.05, 3.63) is 34.5 Å². The number of halogens is 1. The van der Waals surface area contributed by atoms with Gasteiger partial charge >= 0.3 is 0 Å². The highest BCUT2D eigenvalue weighted by Crippen LogP contribution is 2.31. The number of hydrogen-bond acceptors (Lipinski definition) is 2. The molecule has 0 aliphatic carbocycles. The highest BCUT2D eigenvalue weighted by molar-refractivity contribution is 9.10. The van der Waals surface area contributed by atoms with Crippen LogP contribution in [-0.2, 0) is 0 Å². The highest BCUT2D eigenvalue weighted by atomic mass is 79.9. The lowest BCUT2D eigenvalue weighted by Crippen LogP contribution is -1.94. The van der Waals surface area contributed by atoms with Crippen LogP contribution in [-0.4, -0.2) is 5.11 Å². The second-order valence-electron chi connectivity index (χ2n) is 3.96. The van der Waals surface area contributed by atoms with Gasteiger partial charge in [-0.25, -0.2) is 0 Å². The molecule has 1 aromatic carbocycles. The van der Waals surface area contributed by atoms with Gasteiger partial charge in [0, 0.05) is 5.39 Å². The van der Waals surface area contributed by atoms with E-state index < -0.39 is 6.10 Å². The van der Waals surface area contributed by atoms with Crippen molar-refractivity contribution in [1.82, 2.24) is 0 Å². The lowest BCUT2D eigenvalue weighted by molar-refractivity contribution is 0.139. The lowest BCUT2D eigenvalue weighted by atomic mass is 10.1. The Kier molecular flexibility index (Phi) is 3.66. The van der Waals surface area contributed by atoms with Gasteiger partial charge in [-0.05, 0) is 34.5 Å². The van der Waals surface area contributed by atoms with Gasteiger partial charge in [-0.2, -0.15) is 0 Å². The number of para-hydroxylation sites is 1. The maximum absolute atomic E-state index is 9.93. The highest BCUT2D eigenvalue weighted by Gasteiger charge is 2.13. The molecule has 0 spiro atoms. The SMILES string of the molecule is CCCCC(O)c1cc2cccc(Br)c2o1. The van der Waals surface area contributed by atoms with E-state index in [9.17, 15) is 5.11 Å². The Bertz CT molecular complexity index is 476. The van der Waals surface area contributed by atoms with Gasteiger partial charge in [0.25, 0.3) is 0 Å². The zero-order valence-electron chi connectivity index (χ0n) is 9.24. The van der Waals surface area contributed by atoms with Crippen LogP contribution < -0.4 is 0 Å². The molecule has 0 radical (unpaired) electrons. The van der Waals surface area contributed by atoms with Gasteiger partial charge in [0.1, 0.15) is 17.4 Å². The summed E-state index contributed by atoms with van der Waals surface area (Å²) in [6.45, 7) is 2.11. The summed E-state index contributed by atoms with van der Waals surface area (Å²) in [4.78, 5) is 0. The third-order valence-corrected chi connectivity index (χ3v) is 3.30. The van der Waals surface area contributed by atoms with E-state index >= 15 is 0 Å². The standard InChI is InChI=1S/C13H15BrO2/c1-2-3-7-11(15)12-8-9-5-4-6-10(14)13(9)16-12/h4-6,8,11,15H,2-3,7H2,1H3. The normalized spacial score (nSPS) is 13.2. The van der Waals surface area contributed by atoms with E-state index in [2.05, 4.69) is 22.9 Å². The number of aliphatic hydroxyl groups excluding tert-OH is 1. The molecule has 0 aliphatic rings. The minimum Gasteiger partial charge on any atom is -0.457 e.